The number of halogens is 2. The number of hydrogen-bond acceptors (Lipinski definition) is 8. The van der Waals surface area contributed by atoms with Gasteiger partial charge in [0.25, 0.3) is 11.8 Å². The number of aromatic nitrogens is 2. The lowest BCUT2D eigenvalue weighted by molar-refractivity contribution is -0.123. The summed E-state index contributed by atoms with van der Waals surface area (Å²) in [6, 6.07) is 21.0. The van der Waals surface area contributed by atoms with Gasteiger partial charge in [-0.1, -0.05) is 72.4 Å². The number of allylic oxidation sites excluding steroid dienone is 2. The second-order valence-corrected chi connectivity index (χ2v) is 10.4. The van der Waals surface area contributed by atoms with Crippen LogP contribution in [0.3, 0.4) is 0 Å². The van der Waals surface area contributed by atoms with Gasteiger partial charge in [-0.2, -0.15) is 15.2 Å². The van der Waals surface area contributed by atoms with Crippen LogP contribution in [0, 0.1) is 6.92 Å². The summed E-state index contributed by atoms with van der Waals surface area (Å²) in [6.45, 7) is 1.47. The van der Waals surface area contributed by atoms with E-state index in [1.807, 2.05) is 72.8 Å². The van der Waals surface area contributed by atoms with Crippen molar-refractivity contribution in [2.75, 3.05) is 12.4 Å². The summed E-state index contributed by atoms with van der Waals surface area (Å²) in [6.07, 6.45) is 6.71. The average Bonchev–Trinajstić information content (AvgIpc) is 2.91. The van der Waals surface area contributed by atoms with E-state index < -0.39 is 5.91 Å². The molecule has 0 saturated carbocycles. The van der Waals surface area contributed by atoms with Crippen LogP contribution in [0.2, 0.25) is 0 Å². The Balaban J connectivity index is 1.42. The monoisotopic (exact) mass is 670 g/mol. The number of aryl methyl sites for hydroxylation is 1. The number of carbonyl (C=O) groups excluding carboxylic acids is 2. The number of thioether (sulfide) groups is 1. The summed E-state index contributed by atoms with van der Waals surface area (Å²) < 4.78 is 6.87. The number of rotatable bonds is 12. The molecule has 2 amide bonds. The molecule has 0 unspecified atom stereocenters. The van der Waals surface area contributed by atoms with E-state index in [0.29, 0.717) is 19.8 Å². The van der Waals surface area contributed by atoms with Crippen LogP contribution in [-0.2, 0) is 9.59 Å². The van der Waals surface area contributed by atoms with E-state index in [1.165, 1.54) is 12.4 Å². The summed E-state index contributed by atoms with van der Waals surface area (Å²) in [5, 5.41) is 8.18. The average molecular weight is 672 g/mol. The van der Waals surface area contributed by atoms with Gasteiger partial charge in [-0.15, -0.1) is 0 Å². The zero-order valence-electron chi connectivity index (χ0n) is 20.8. The number of benzene rings is 2. The minimum absolute atomic E-state index is 0.0425. The summed E-state index contributed by atoms with van der Waals surface area (Å²) in [5.41, 5.74) is 7.47. The van der Waals surface area contributed by atoms with Gasteiger partial charge in [0.05, 0.1) is 18.2 Å². The Labute approximate surface area is 247 Å². The van der Waals surface area contributed by atoms with Crippen molar-refractivity contribution in [2.45, 2.75) is 12.1 Å². The predicted molar refractivity (Wildman–Crippen MR) is 163 cm³/mol. The smallest absolute Gasteiger partial charge is 0.278 e. The molecule has 0 aliphatic heterocycles. The zero-order chi connectivity index (χ0) is 27.9. The van der Waals surface area contributed by atoms with E-state index in [-0.39, 0.29) is 24.1 Å². The van der Waals surface area contributed by atoms with Crippen LogP contribution in [0.1, 0.15) is 16.8 Å². The van der Waals surface area contributed by atoms with Crippen LogP contribution in [0.25, 0.3) is 12.2 Å². The number of amides is 2. The lowest BCUT2D eigenvalue weighted by Crippen LogP contribution is -2.25. The molecule has 0 atom stereocenters. The van der Waals surface area contributed by atoms with Crippen LogP contribution in [-0.4, -0.2) is 46.6 Å². The third-order valence-electron chi connectivity index (χ3n) is 4.46. The number of carbonyl (C=O) groups is 2. The van der Waals surface area contributed by atoms with Gasteiger partial charge in [-0.3, -0.25) is 9.59 Å². The van der Waals surface area contributed by atoms with Gasteiger partial charge in [0.1, 0.15) is 0 Å². The quantitative estimate of drug-likeness (QED) is 0.116. The van der Waals surface area contributed by atoms with Gasteiger partial charge >= 0.3 is 0 Å². The summed E-state index contributed by atoms with van der Waals surface area (Å²) in [5.74, 6) is -0.529. The van der Waals surface area contributed by atoms with Crippen LogP contribution in [0.15, 0.2) is 91.1 Å². The Morgan fingerprint density at radius 1 is 0.872 bits per heavy atom. The van der Waals surface area contributed by atoms with Crippen molar-refractivity contribution in [3.8, 4) is 5.88 Å². The van der Waals surface area contributed by atoms with Crippen molar-refractivity contribution in [3.05, 3.63) is 92.5 Å². The molecule has 39 heavy (non-hydrogen) atoms. The normalized spacial score (nSPS) is 12.1. The lowest BCUT2D eigenvalue weighted by Gasteiger charge is -2.07. The maximum Gasteiger partial charge on any atom is 0.278 e. The van der Waals surface area contributed by atoms with Gasteiger partial charge in [-0.25, -0.2) is 15.8 Å². The van der Waals surface area contributed by atoms with Crippen LogP contribution < -0.4 is 15.6 Å². The van der Waals surface area contributed by atoms with Gasteiger partial charge in [0.2, 0.25) is 5.88 Å². The number of hydrogen-bond donors (Lipinski definition) is 2. The fourth-order valence-electron chi connectivity index (χ4n) is 2.81. The first-order chi connectivity index (χ1) is 18.9. The molecule has 12 heteroatoms. The van der Waals surface area contributed by atoms with E-state index >= 15 is 0 Å². The molecule has 1 heterocycles. The first-order valence-electron chi connectivity index (χ1n) is 11.5. The molecular formula is C27H24Br2N6O3S. The second kappa shape index (κ2) is 16.4. The van der Waals surface area contributed by atoms with E-state index in [0.717, 1.165) is 22.9 Å². The van der Waals surface area contributed by atoms with Crippen molar-refractivity contribution < 1.29 is 14.3 Å². The molecule has 0 radical (unpaired) electrons. The predicted octanol–water partition coefficient (Wildman–Crippen LogP) is 5.33. The first kappa shape index (κ1) is 29.9. The first-order valence-corrected chi connectivity index (χ1v) is 14.0. The minimum Gasteiger partial charge on any atom is -0.467 e. The van der Waals surface area contributed by atoms with Crippen LogP contribution in [0.4, 0.5) is 0 Å². The van der Waals surface area contributed by atoms with Crippen LogP contribution in [0.5, 0.6) is 5.88 Å². The maximum atomic E-state index is 12.2. The van der Waals surface area contributed by atoms with E-state index in [9.17, 15) is 9.59 Å². The van der Waals surface area contributed by atoms with E-state index in [4.69, 9.17) is 4.74 Å². The fraction of sp³-hybridized carbons (Fsp3) is 0.111. The Morgan fingerprint density at radius 3 is 1.97 bits per heavy atom. The Bertz CT molecular complexity index is 1280. The lowest BCUT2D eigenvalue weighted by atomic mass is 10.2. The Hall–Kier alpha value is -3.61. The molecule has 3 rings (SSSR count). The van der Waals surface area contributed by atoms with Crippen molar-refractivity contribution in [1.82, 2.24) is 20.8 Å². The molecule has 0 fully saturated rings. The van der Waals surface area contributed by atoms with Crippen molar-refractivity contribution in [1.29, 1.82) is 0 Å². The maximum absolute atomic E-state index is 12.2. The van der Waals surface area contributed by atoms with Crippen LogP contribution >= 0.6 is 43.6 Å². The third-order valence-corrected chi connectivity index (χ3v) is 6.17. The van der Waals surface area contributed by atoms with Crippen molar-refractivity contribution in [2.24, 2.45) is 10.2 Å². The van der Waals surface area contributed by atoms with Gasteiger partial charge in [-0.05, 0) is 62.1 Å². The minimum atomic E-state index is -0.457. The number of nitrogens with zero attached hydrogens (tertiary/aromatic N) is 4. The molecule has 1 aromatic heterocycles. The summed E-state index contributed by atoms with van der Waals surface area (Å²) in [7, 11) is 0. The van der Waals surface area contributed by atoms with Crippen molar-refractivity contribution >= 4 is 80.0 Å². The van der Waals surface area contributed by atoms with Gasteiger partial charge in [0, 0.05) is 20.7 Å². The molecule has 9 nitrogen and oxygen atoms in total. The van der Waals surface area contributed by atoms with E-state index in [1.54, 1.807) is 13.0 Å². The Morgan fingerprint density at radius 2 is 1.41 bits per heavy atom. The standard InChI is InChI=1S/C27H24Br2N6O3S/c1-19-12-26(38-17-24(36)34-30-15-22(28)13-20-8-4-2-5-9-20)33-27(32-19)39-18-25(37)35-31-16-23(29)14-21-10-6-3-7-11-21/h2-16H,17-18H2,1H3,(H,34,36)(H,35,37)/b22-13-,23-14-,30-15-,31-16+. The molecule has 3 aromatic rings. The highest BCUT2D eigenvalue weighted by atomic mass is 79.9. The molecule has 0 aliphatic rings. The molecule has 2 N–H and O–H groups in total. The molecular weight excluding hydrogens is 648 g/mol. The van der Waals surface area contributed by atoms with Gasteiger partial charge < -0.3 is 4.74 Å². The molecule has 0 spiro atoms. The highest BCUT2D eigenvalue weighted by Gasteiger charge is 2.09. The topological polar surface area (TPSA) is 118 Å². The molecule has 200 valence electrons. The summed E-state index contributed by atoms with van der Waals surface area (Å²) >= 11 is 7.90. The molecule has 0 bridgehead atoms. The largest absolute Gasteiger partial charge is 0.467 e. The van der Waals surface area contributed by atoms with Crippen molar-refractivity contribution in [3.63, 3.8) is 0 Å². The summed E-state index contributed by atoms with van der Waals surface area (Å²) in [4.78, 5) is 32.8. The highest BCUT2D eigenvalue weighted by Crippen LogP contribution is 2.18. The number of hydrazone groups is 2. The fourth-order valence-corrected chi connectivity index (χ4v) is 4.23. The molecule has 2 aromatic carbocycles. The molecule has 0 saturated heterocycles. The number of ether oxygens (including phenoxy) is 1. The Kier molecular flexibility index (Phi) is 12.6. The highest BCUT2D eigenvalue weighted by molar-refractivity contribution is 9.12. The van der Waals surface area contributed by atoms with E-state index in [2.05, 4.69) is 62.9 Å². The third kappa shape index (κ3) is 12.2. The second-order valence-electron chi connectivity index (χ2n) is 7.67. The van der Waals surface area contributed by atoms with Gasteiger partial charge in [0.15, 0.2) is 11.8 Å². The SMILES string of the molecule is Cc1cc(OCC(=O)N/N=C\C(Br)=C\c2ccccc2)nc(SCC(=O)N/N=C/C(Br)=C/c2ccccc2)n1. The molecule has 0 aliphatic carbocycles. The number of nitrogens with one attached hydrogen (secondary N) is 2. The zero-order valence-corrected chi connectivity index (χ0v) is 24.7.